The molecule has 1 aliphatic heterocycles. The maximum absolute atomic E-state index is 10.7. The SMILES string of the molecule is C=C(C(=O)O)c1ccc2c(O)occc1-2. The lowest BCUT2D eigenvalue weighted by molar-refractivity contribution is -0.130. The molecule has 0 fully saturated rings. The Balaban J connectivity index is 2.60. The molecule has 2 rings (SSSR count). The highest BCUT2D eigenvalue weighted by Crippen LogP contribution is 2.37. The average Bonchev–Trinajstić information content (AvgIpc) is 2.61. The molecular formula is C11H8O4. The van der Waals surface area contributed by atoms with Crippen LogP contribution in [0, 0.1) is 0 Å². The van der Waals surface area contributed by atoms with Crippen molar-refractivity contribution in [3.8, 4) is 17.1 Å². The summed E-state index contributed by atoms with van der Waals surface area (Å²) in [5.41, 5.74) is 1.58. The van der Waals surface area contributed by atoms with E-state index >= 15 is 0 Å². The van der Waals surface area contributed by atoms with Crippen LogP contribution in [-0.2, 0) is 4.79 Å². The molecule has 0 saturated heterocycles. The van der Waals surface area contributed by atoms with Crippen LogP contribution in [-0.4, -0.2) is 16.2 Å². The summed E-state index contributed by atoms with van der Waals surface area (Å²) in [5, 5.41) is 18.2. The van der Waals surface area contributed by atoms with Crippen molar-refractivity contribution in [1.82, 2.24) is 0 Å². The molecule has 0 aromatic heterocycles. The molecule has 1 aliphatic carbocycles. The summed E-state index contributed by atoms with van der Waals surface area (Å²) in [4.78, 5) is 10.7. The topological polar surface area (TPSA) is 70.7 Å². The van der Waals surface area contributed by atoms with E-state index in [0.717, 1.165) is 0 Å². The van der Waals surface area contributed by atoms with Gasteiger partial charge in [0.1, 0.15) is 0 Å². The minimum absolute atomic E-state index is 0.00407. The molecule has 0 bridgehead atoms. The van der Waals surface area contributed by atoms with Crippen LogP contribution in [0.3, 0.4) is 0 Å². The highest BCUT2D eigenvalue weighted by Gasteiger charge is 2.19. The van der Waals surface area contributed by atoms with Crippen molar-refractivity contribution in [3.05, 3.63) is 36.6 Å². The highest BCUT2D eigenvalue weighted by atomic mass is 16.5. The molecule has 4 heteroatoms. The van der Waals surface area contributed by atoms with Crippen molar-refractivity contribution in [2.45, 2.75) is 0 Å². The maximum Gasteiger partial charge on any atom is 0.335 e. The molecule has 0 amide bonds. The Bertz CT molecular complexity index is 510. The van der Waals surface area contributed by atoms with E-state index in [0.29, 0.717) is 16.7 Å². The highest BCUT2D eigenvalue weighted by molar-refractivity contribution is 6.17. The lowest BCUT2D eigenvalue weighted by Crippen LogP contribution is -1.97. The number of hydrogen-bond acceptors (Lipinski definition) is 3. The van der Waals surface area contributed by atoms with Crippen LogP contribution in [0.4, 0.5) is 0 Å². The Kier molecular flexibility index (Phi) is 1.97. The number of carbonyl (C=O) groups is 1. The lowest BCUT2D eigenvalue weighted by Gasteiger charge is -2.03. The van der Waals surface area contributed by atoms with Crippen molar-refractivity contribution in [2.24, 2.45) is 0 Å². The van der Waals surface area contributed by atoms with Gasteiger partial charge in [0.25, 0.3) is 5.95 Å². The van der Waals surface area contributed by atoms with Gasteiger partial charge in [0.15, 0.2) is 0 Å². The fraction of sp³-hybridized carbons (Fsp3) is 0. The number of aromatic hydroxyl groups is 1. The van der Waals surface area contributed by atoms with E-state index in [2.05, 4.69) is 6.58 Å². The van der Waals surface area contributed by atoms with Crippen LogP contribution >= 0.6 is 0 Å². The minimum atomic E-state index is -1.08. The Morgan fingerprint density at radius 1 is 1.27 bits per heavy atom. The van der Waals surface area contributed by atoms with Crippen LogP contribution in [0.1, 0.15) is 5.56 Å². The average molecular weight is 204 g/mol. The number of fused-ring (bicyclic) bond motifs is 1. The normalized spacial score (nSPS) is 10.4. The van der Waals surface area contributed by atoms with E-state index in [9.17, 15) is 9.90 Å². The van der Waals surface area contributed by atoms with E-state index in [1.54, 1.807) is 18.2 Å². The Labute approximate surface area is 85.4 Å². The molecule has 0 unspecified atom stereocenters. The third-order valence-corrected chi connectivity index (χ3v) is 2.23. The number of hydrogen-bond donors (Lipinski definition) is 2. The van der Waals surface area contributed by atoms with Crippen molar-refractivity contribution in [1.29, 1.82) is 0 Å². The van der Waals surface area contributed by atoms with E-state index < -0.39 is 5.97 Å². The predicted molar refractivity (Wildman–Crippen MR) is 53.7 cm³/mol. The van der Waals surface area contributed by atoms with Crippen LogP contribution in [0.15, 0.2) is 35.5 Å². The van der Waals surface area contributed by atoms with E-state index in [1.165, 1.54) is 6.26 Å². The Morgan fingerprint density at radius 2 is 2.00 bits per heavy atom. The van der Waals surface area contributed by atoms with Crippen molar-refractivity contribution in [2.75, 3.05) is 0 Å². The number of carboxylic acids is 1. The largest absolute Gasteiger partial charge is 0.480 e. The van der Waals surface area contributed by atoms with Gasteiger partial charge in [-0.3, -0.25) is 0 Å². The zero-order valence-electron chi connectivity index (χ0n) is 7.73. The summed E-state index contributed by atoms with van der Waals surface area (Å²) < 4.78 is 4.77. The molecule has 0 spiro atoms. The van der Waals surface area contributed by atoms with Crippen molar-refractivity contribution >= 4 is 11.5 Å². The summed E-state index contributed by atoms with van der Waals surface area (Å²) in [5.74, 6) is -1.31. The third kappa shape index (κ3) is 1.36. The molecule has 1 heterocycles. The van der Waals surface area contributed by atoms with Crippen LogP contribution < -0.4 is 0 Å². The predicted octanol–water partition coefficient (Wildman–Crippen LogP) is 2.19. The van der Waals surface area contributed by atoms with Gasteiger partial charge in [0.2, 0.25) is 0 Å². The zero-order valence-corrected chi connectivity index (χ0v) is 7.73. The fourth-order valence-corrected chi connectivity index (χ4v) is 1.47. The van der Waals surface area contributed by atoms with Gasteiger partial charge in [-0.25, -0.2) is 4.79 Å². The first kappa shape index (κ1) is 9.33. The molecule has 0 aromatic carbocycles. The third-order valence-electron chi connectivity index (χ3n) is 2.23. The molecule has 2 aliphatic rings. The molecule has 0 radical (unpaired) electrons. The summed E-state index contributed by atoms with van der Waals surface area (Å²) in [7, 11) is 0. The Hall–Kier alpha value is -2.23. The second-order valence-electron chi connectivity index (χ2n) is 3.08. The van der Waals surface area contributed by atoms with Gasteiger partial charge in [-0.2, -0.15) is 0 Å². The smallest absolute Gasteiger partial charge is 0.335 e. The first-order valence-corrected chi connectivity index (χ1v) is 4.23. The standard InChI is InChI=1S/C11H8O4/c1-6(10(12)13)7-2-3-9-8(7)4-5-15-11(9)14/h2-5,14H,1H2,(H,12,13). The Morgan fingerprint density at radius 3 is 2.67 bits per heavy atom. The van der Waals surface area contributed by atoms with Crippen molar-refractivity contribution < 1.29 is 19.4 Å². The monoisotopic (exact) mass is 204 g/mol. The molecular weight excluding hydrogens is 196 g/mol. The first-order valence-electron chi connectivity index (χ1n) is 4.23. The summed E-state index contributed by atoms with van der Waals surface area (Å²) in [6.45, 7) is 3.46. The second-order valence-corrected chi connectivity index (χ2v) is 3.08. The number of carboxylic acid groups (broad SMARTS) is 1. The first-order chi connectivity index (χ1) is 7.11. The molecule has 0 aromatic rings. The lowest BCUT2D eigenvalue weighted by atomic mass is 10.0. The van der Waals surface area contributed by atoms with Gasteiger partial charge in [0, 0.05) is 0 Å². The molecule has 76 valence electrons. The fourth-order valence-electron chi connectivity index (χ4n) is 1.47. The van der Waals surface area contributed by atoms with Gasteiger partial charge in [-0.15, -0.1) is 0 Å². The number of aliphatic carboxylic acids is 1. The summed E-state index contributed by atoms with van der Waals surface area (Å²) in [6.07, 6.45) is 1.30. The maximum atomic E-state index is 10.7. The van der Waals surface area contributed by atoms with Gasteiger partial charge in [0.05, 0.1) is 17.4 Å². The van der Waals surface area contributed by atoms with Gasteiger partial charge < -0.3 is 14.6 Å². The minimum Gasteiger partial charge on any atom is -0.480 e. The van der Waals surface area contributed by atoms with Crippen molar-refractivity contribution in [3.63, 3.8) is 0 Å². The molecule has 2 N–H and O–H groups in total. The second kappa shape index (κ2) is 3.16. The molecule has 0 atom stereocenters. The summed E-state index contributed by atoms with van der Waals surface area (Å²) in [6, 6.07) is 4.78. The van der Waals surface area contributed by atoms with Crippen LogP contribution in [0.2, 0.25) is 0 Å². The van der Waals surface area contributed by atoms with Gasteiger partial charge in [-0.1, -0.05) is 12.6 Å². The van der Waals surface area contributed by atoms with Gasteiger partial charge >= 0.3 is 5.97 Å². The molecule has 15 heavy (non-hydrogen) atoms. The summed E-state index contributed by atoms with van der Waals surface area (Å²) >= 11 is 0. The molecule has 0 saturated carbocycles. The van der Waals surface area contributed by atoms with Gasteiger partial charge in [-0.05, 0) is 23.3 Å². The quantitative estimate of drug-likeness (QED) is 0.735. The van der Waals surface area contributed by atoms with E-state index in [1.807, 2.05) is 0 Å². The van der Waals surface area contributed by atoms with Crippen LogP contribution in [0.25, 0.3) is 16.7 Å². The number of rotatable bonds is 2. The zero-order chi connectivity index (χ0) is 11.0. The van der Waals surface area contributed by atoms with E-state index in [-0.39, 0.29) is 11.5 Å². The molecule has 4 nitrogen and oxygen atoms in total. The van der Waals surface area contributed by atoms with E-state index in [4.69, 9.17) is 9.52 Å². The van der Waals surface area contributed by atoms with Crippen LogP contribution in [0.5, 0.6) is 5.95 Å².